The molecule has 1 amide bonds. The molecule has 0 spiro atoms. The lowest BCUT2D eigenvalue weighted by molar-refractivity contribution is 0.0938. The van der Waals surface area contributed by atoms with Crippen LogP contribution in [0.2, 0.25) is 0 Å². The van der Waals surface area contributed by atoms with E-state index in [0.29, 0.717) is 12.2 Å². The van der Waals surface area contributed by atoms with E-state index >= 15 is 0 Å². The summed E-state index contributed by atoms with van der Waals surface area (Å²) in [5, 5.41) is 7.60. The van der Waals surface area contributed by atoms with Crippen molar-refractivity contribution in [2.75, 3.05) is 13.2 Å². The number of aromatic nitrogens is 2. The van der Waals surface area contributed by atoms with Crippen LogP contribution in [0.5, 0.6) is 0 Å². The summed E-state index contributed by atoms with van der Waals surface area (Å²) in [6.45, 7) is 7.57. The van der Waals surface area contributed by atoms with E-state index in [2.05, 4.69) is 42.5 Å². The van der Waals surface area contributed by atoms with Gasteiger partial charge in [-0.25, -0.2) is 0 Å². The summed E-state index contributed by atoms with van der Waals surface area (Å²) < 4.78 is 7.16. The highest BCUT2D eigenvalue weighted by Crippen LogP contribution is 2.27. The van der Waals surface area contributed by atoms with Crippen LogP contribution in [0.25, 0.3) is 0 Å². The van der Waals surface area contributed by atoms with Crippen molar-refractivity contribution in [3.63, 3.8) is 0 Å². The molecule has 1 aromatic heterocycles. The van der Waals surface area contributed by atoms with Crippen molar-refractivity contribution in [2.24, 2.45) is 7.05 Å². The Bertz CT molecular complexity index is 745. The number of benzene rings is 1. The molecule has 5 heteroatoms. The number of amides is 1. The van der Waals surface area contributed by atoms with Gasteiger partial charge >= 0.3 is 0 Å². The molecule has 1 fully saturated rings. The maximum absolute atomic E-state index is 12.8. The summed E-state index contributed by atoms with van der Waals surface area (Å²) in [5.74, 6) is 0.139. The summed E-state index contributed by atoms with van der Waals surface area (Å²) >= 11 is 0. The molecule has 128 valence electrons. The third-order valence-corrected chi connectivity index (χ3v) is 4.80. The molecule has 1 N–H and O–H groups in total. The smallest absolute Gasteiger partial charge is 0.255 e. The van der Waals surface area contributed by atoms with Crippen LogP contribution < -0.4 is 5.32 Å². The lowest BCUT2D eigenvalue weighted by atomic mass is 9.99. The van der Waals surface area contributed by atoms with E-state index < -0.39 is 0 Å². The molecule has 2 aromatic rings. The summed E-state index contributed by atoms with van der Waals surface area (Å²) in [4.78, 5) is 12.8. The molecule has 1 aliphatic rings. The van der Waals surface area contributed by atoms with Gasteiger partial charge in [-0.15, -0.1) is 0 Å². The topological polar surface area (TPSA) is 56.2 Å². The summed E-state index contributed by atoms with van der Waals surface area (Å²) in [6, 6.07) is 6.25. The van der Waals surface area contributed by atoms with E-state index in [9.17, 15) is 4.79 Å². The van der Waals surface area contributed by atoms with Crippen LogP contribution in [-0.2, 0) is 11.8 Å². The molecular weight excluding hydrogens is 302 g/mol. The maximum atomic E-state index is 12.8. The lowest BCUT2D eigenvalue weighted by Gasteiger charge is -2.16. The zero-order valence-corrected chi connectivity index (χ0v) is 14.8. The monoisotopic (exact) mass is 327 g/mol. The number of rotatable bonds is 4. The Kier molecular flexibility index (Phi) is 4.71. The highest BCUT2D eigenvalue weighted by atomic mass is 16.5. The zero-order valence-electron chi connectivity index (χ0n) is 14.8. The predicted molar refractivity (Wildman–Crippen MR) is 93.2 cm³/mol. The minimum absolute atomic E-state index is 0.0512. The van der Waals surface area contributed by atoms with Crippen LogP contribution in [-0.4, -0.2) is 28.9 Å². The van der Waals surface area contributed by atoms with E-state index in [0.717, 1.165) is 24.3 Å². The van der Waals surface area contributed by atoms with Gasteiger partial charge in [-0.05, 0) is 43.9 Å². The van der Waals surface area contributed by atoms with Crippen molar-refractivity contribution in [1.82, 2.24) is 15.1 Å². The van der Waals surface area contributed by atoms with Gasteiger partial charge in [0, 0.05) is 25.8 Å². The molecule has 3 rings (SSSR count). The molecule has 0 aliphatic carbocycles. The molecule has 0 radical (unpaired) electrons. The Morgan fingerprint density at radius 3 is 2.83 bits per heavy atom. The molecule has 1 aliphatic heterocycles. The Labute approximate surface area is 143 Å². The summed E-state index contributed by atoms with van der Waals surface area (Å²) in [7, 11) is 1.85. The molecule has 2 atom stereocenters. The normalized spacial score (nSPS) is 18.6. The summed E-state index contributed by atoms with van der Waals surface area (Å²) in [6.07, 6.45) is 2.72. The number of hydrogen-bond donors (Lipinski definition) is 1. The molecule has 2 heterocycles. The van der Waals surface area contributed by atoms with Gasteiger partial charge in [0.1, 0.15) is 0 Å². The lowest BCUT2D eigenvalue weighted by Crippen LogP contribution is -2.27. The van der Waals surface area contributed by atoms with Crippen molar-refractivity contribution in [3.05, 3.63) is 52.3 Å². The number of carbonyl (C=O) groups excluding carboxylic acids is 1. The van der Waals surface area contributed by atoms with Gasteiger partial charge in [-0.1, -0.05) is 18.2 Å². The standard InChI is InChI=1S/C19H25N3O2/c1-12-5-6-15(9-13(12)2)14(3)20-19(23)17-10-22(4)21-18(17)16-7-8-24-11-16/h5-6,9-10,14,16H,7-8,11H2,1-4H3,(H,20,23)/t14-,16-/m0/s1. The average molecular weight is 327 g/mol. The number of ether oxygens (including phenoxy) is 1. The predicted octanol–water partition coefficient (Wildman–Crippen LogP) is 3.03. The SMILES string of the molecule is Cc1ccc([C@H](C)NC(=O)c2cn(C)nc2[C@H]2CCOC2)cc1C. The molecular formula is C19H25N3O2. The average Bonchev–Trinajstić information content (AvgIpc) is 3.18. The third kappa shape index (κ3) is 3.36. The molecule has 0 bridgehead atoms. The fraction of sp³-hybridized carbons (Fsp3) is 0.474. The van der Waals surface area contributed by atoms with Crippen molar-refractivity contribution in [3.8, 4) is 0 Å². The van der Waals surface area contributed by atoms with Gasteiger partial charge < -0.3 is 10.1 Å². The maximum Gasteiger partial charge on any atom is 0.255 e. The zero-order chi connectivity index (χ0) is 17.3. The van der Waals surface area contributed by atoms with Crippen molar-refractivity contribution >= 4 is 5.91 Å². The van der Waals surface area contributed by atoms with Gasteiger partial charge in [0.2, 0.25) is 0 Å². The van der Waals surface area contributed by atoms with E-state index in [1.807, 2.05) is 14.0 Å². The minimum atomic E-state index is -0.0734. The highest BCUT2D eigenvalue weighted by molar-refractivity contribution is 5.95. The van der Waals surface area contributed by atoms with Crippen LogP contribution in [0.3, 0.4) is 0 Å². The van der Waals surface area contributed by atoms with Gasteiger partial charge in [0.05, 0.1) is 23.9 Å². The quantitative estimate of drug-likeness (QED) is 0.939. The van der Waals surface area contributed by atoms with Crippen LogP contribution in [0.1, 0.15) is 58.0 Å². The minimum Gasteiger partial charge on any atom is -0.381 e. The molecule has 0 saturated carbocycles. The molecule has 24 heavy (non-hydrogen) atoms. The van der Waals surface area contributed by atoms with Crippen LogP contribution in [0.15, 0.2) is 24.4 Å². The largest absolute Gasteiger partial charge is 0.381 e. The second-order valence-electron chi connectivity index (χ2n) is 6.70. The first-order valence-electron chi connectivity index (χ1n) is 8.45. The number of nitrogens with zero attached hydrogens (tertiary/aromatic N) is 2. The van der Waals surface area contributed by atoms with Crippen molar-refractivity contribution < 1.29 is 9.53 Å². The Morgan fingerprint density at radius 1 is 1.38 bits per heavy atom. The van der Waals surface area contributed by atoms with Crippen LogP contribution >= 0.6 is 0 Å². The van der Waals surface area contributed by atoms with Crippen LogP contribution in [0.4, 0.5) is 0 Å². The Morgan fingerprint density at radius 2 is 2.17 bits per heavy atom. The van der Waals surface area contributed by atoms with Crippen LogP contribution in [0, 0.1) is 13.8 Å². The first-order chi connectivity index (χ1) is 11.5. The molecule has 1 saturated heterocycles. The fourth-order valence-electron chi connectivity index (χ4n) is 3.12. The Balaban J connectivity index is 1.78. The van der Waals surface area contributed by atoms with Gasteiger partial charge in [-0.3, -0.25) is 9.48 Å². The van der Waals surface area contributed by atoms with Gasteiger partial charge in [0.15, 0.2) is 0 Å². The highest BCUT2D eigenvalue weighted by Gasteiger charge is 2.27. The Hall–Kier alpha value is -2.14. The first-order valence-corrected chi connectivity index (χ1v) is 8.45. The number of hydrogen-bond acceptors (Lipinski definition) is 3. The molecule has 0 unspecified atom stereocenters. The second kappa shape index (κ2) is 6.77. The molecule has 5 nitrogen and oxygen atoms in total. The number of nitrogens with one attached hydrogen (secondary N) is 1. The van der Waals surface area contributed by atoms with Gasteiger partial charge in [0.25, 0.3) is 5.91 Å². The third-order valence-electron chi connectivity index (χ3n) is 4.80. The summed E-state index contributed by atoms with van der Waals surface area (Å²) in [5.41, 5.74) is 5.11. The first kappa shape index (κ1) is 16.7. The number of aryl methyl sites for hydroxylation is 3. The number of carbonyl (C=O) groups is 1. The van der Waals surface area contributed by atoms with E-state index in [-0.39, 0.29) is 17.9 Å². The van der Waals surface area contributed by atoms with Crippen molar-refractivity contribution in [2.45, 2.75) is 39.2 Å². The van der Waals surface area contributed by atoms with E-state index in [4.69, 9.17) is 4.74 Å². The van der Waals surface area contributed by atoms with E-state index in [1.165, 1.54) is 11.1 Å². The van der Waals surface area contributed by atoms with Crippen molar-refractivity contribution in [1.29, 1.82) is 0 Å². The molecule has 1 aromatic carbocycles. The fourth-order valence-corrected chi connectivity index (χ4v) is 3.12. The second-order valence-corrected chi connectivity index (χ2v) is 6.70. The van der Waals surface area contributed by atoms with E-state index in [1.54, 1.807) is 10.9 Å². The van der Waals surface area contributed by atoms with Gasteiger partial charge in [-0.2, -0.15) is 5.10 Å².